The Morgan fingerprint density at radius 3 is 2.92 bits per heavy atom. The Kier molecular flexibility index (Phi) is 3.78. The Balaban J connectivity index is 2.26. The molecular formula is C10H16N2O. The minimum atomic E-state index is 0.107. The number of carbonyl (C=O) groups excluding carboxylic acids is 1. The van der Waals surface area contributed by atoms with Crippen molar-refractivity contribution in [1.82, 2.24) is 5.32 Å². The van der Waals surface area contributed by atoms with Crippen LogP contribution in [0.2, 0.25) is 0 Å². The maximum atomic E-state index is 11.4. The highest BCUT2D eigenvalue weighted by molar-refractivity contribution is 5.79. The summed E-state index contributed by atoms with van der Waals surface area (Å²) >= 11 is 0. The molecule has 0 bridgehead atoms. The maximum Gasteiger partial charge on any atom is 0.223 e. The SMILES string of the molecule is CC#CCNC(=O)C1CCC(N)C1. The highest BCUT2D eigenvalue weighted by Gasteiger charge is 2.27. The number of amides is 1. The van der Waals surface area contributed by atoms with Gasteiger partial charge in [-0.25, -0.2) is 0 Å². The van der Waals surface area contributed by atoms with Crippen LogP contribution in [0.5, 0.6) is 0 Å². The molecule has 0 radical (unpaired) electrons. The molecule has 1 fully saturated rings. The van der Waals surface area contributed by atoms with Gasteiger partial charge in [0, 0.05) is 12.0 Å². The van der Waals surface area contributed by atoms with Crippen molar-refractivity contribution < 1.29 is 4.79 Å². The quantitative estimate of drug-likeness (QED) is 0.599. The maximum absolute atomic E-state index is 11.4. The fraction of sp³-hybridized carbons (Fsp3) is 0.700. The summed E-state index contributed by atoms with van der Waals surface area (Å²) in [7, 11) is 0. The molecule has 0 aromatic rings. The fourth-order valence-corrected chi connectivity index (χ4v) is 1.62. The van der Waals surface area contributed by atoms with Crippen molar-refractivity contribution in [1.29, 1.82) is 0 Å². The largest absolute Gasteiger partial charge is 0.345 e. The third kappa shape index (κ3) is 3.08. The predicted molar refractivity (Wildman–Crippen MR) is 51.8 cm³/mol. The van der Waals surface area contributed by atoms with Gasteiger partial charge in [-0.1, -0.05) is 5.92 Å². The highest BCUT2D eigenvalue weighted by atomic mass is 16.1. The normalized spacial score (nSPS) is 26.3. The summed E-state index contributed by atoms with van der Waals surface area (Å²) in [6.45, 7) is 2.22. The van der Waals surface area contributed by atoms with E-state index < -0.39 is 0 Å². The predicted octanol–water partition coefficient (Wildman–Crippen LogP) is 0.253. The van der Waals surface area contributed by atoms with Gasteiger partial charge in [0.15, 0.2) is 0 Å². The number of nitrogens with one attached hydrogen (secondary N) is 1. The average molecular weight is 180 g/mol. The van der Waals surface area contributed by atoms with Gasteiger partial charge in [-0.3, -0.25) is 4.79 Å². The first-order chi connectivity index (χ1) is 6.24. The topological polar surface area (TPSA) is 55.1 Å². The highest BCUT2D eigenvalue weighted by Crippen LogP contribution is 2.23. The first kappa shape index (κ1) is 10.1. The van der Waals surface area contributed by atoms with Crippen molar-refractivity contribution >= 4 is 5.91 Å². The van der Waals surface area contributed by atoms with Crippen LogP contribution in [0.1, 0.15) is 26.2 Å². The van der Waals surface area contributed by atoms with Crippen LogP contribution in [0, 0.1) is 17.8 Å². The van der Waals surface area contributed by atoms with E-state index in [4.69, 9.17) is 5.73 Å². The molecule has 3 nitrogen and oxygen atoms in total. The monoisotopic (exact) mass is 180 g/mol. The molecule has 2 unspecified atom stereocenters. The third-order valence-corrected chi connectivity index (χ3v) is 2.37. The molecule has 3 heteroatoms. The zero-order chi connectivity index (χ0) is 9.68. The second-order valence-electron chi connectivity index (χ2n) is 3.41. The van der Waals surface area contributed by atoms with Crippen LogP contribution in [0.25, 0.3) is 0 Å². The number of hydrogen-bond acceptors (Lipinski definition) is 2. The van der Waals surface area contributed by atoms with Crippen LogP contribution >= 0.6 is 0 Å². The van der Waals surface area contributed by atoms with Gasteiger partial charge in [-0.15, -0.1) is 5.92 Å². The molecule has 1 aliphatic carbocycles. The Morgan fingerprint density at radius 1 is 1.62 bits per heavy atom. The van der Waals surface area contributed by atoms with E-state index in [1.807, 2.05) is 0 Å². The Bertz CT molecular complexity index is 239. The van der Waals surface area contributed by atoms with Crippen LogP contribution in [0.15, 0.2) is 0 Å². The molecule has 0 aliphatic heterocycles. The average Bonchev–Trinajstić information content (AvgIpc) is 2.52. The zero-order valence-corrected chi connectivity index (χ0v) is 7.97. The van der Waals surface area contributed by atoms with E-state index in [0.717, 1.165) is 19.3 Å². The molecule has 72 valence electrons. The van der Waals surface area contributed by atoms with Gasteiger partial charge in [-0.2, -0.15) is 0 Å². The van der Waals surface area contributed by atoms with E-state index >= 15 is 0 Å². The lowest BCUT2D eigenvalue weighted by atomic mass is 10.1. The third-order valence-electron chi connectivity index (χ3n) is 2.37. The van der Waals surface area contributed by atoms with Crippen LogP contribution < -0.4 is 11.1 Å². The lowest BCUT2D eigenvalue weighted by molar-refractivity contribution is -0.124. The van der Waals surface area contributed by atoms with E-state index in [-0.39, 0.29) is 17.9 Å². The standard InChI is InChI=1S/C10H16N2O/c1-2-3-6-12-10(13)8-4-5-9(11)7-8/h8-9H,4-7,11H2,1H3,(H,12,13). The van der Waals surface area contributed by atoms with Crippen molar-refractivity contribution in [2.24, 2.45) is 11.7 Å². The first-order valence-corrected chi connectivity index (χ1v) is 4.67. The summed E-state index contributed by atoms with van der Waals surface area (Å²) < 4.78 is 0. The number of nitrogens with two attached hydrogens (primary N) is 1. The molecule has 1 amide bonds. The van der Waals surface area contributed by atoms with Gasteiger partial charge in [0.25, 0.3) is 0 Å². The van der Waals surface area contributed by atoms with Crippen LogP contribution in [-0.4, -0.2) is 18.5 Å². The summed E-state index contributed by atoms with van der Waals surface area (Å²) in [5.74, 6) is 5.76. The van der Waals surface area contributed by atoms with Gasteiger partial charge in [0.05, 0.1) is 6.54 Å². The van der Waals surface area contributed by atoms with Crippen LogP contribution in [0.3, 0.4) is 0 Å². The Labute approximate surface area is 79.1 Å². The van der Waals surface area contributed by atoms with Crippen molar-refractivity contribution in [3.8, 4) is 11.8 Å². The molecule has 13 heavy (non-hydrogen) atoms. The van der Waals surface area contributed by atoms with Gasteiger partial charge in [-0.05, 0) is 26.2 Å². The molecule has 0 heterocycles. The summed E-state index contributed by atoms with van der Waals surface area (Å²) in [5.41, 5.74) is 5.71. The van der Waals surface area contributed by atoms with E-state index in [1.165, 1.54) is 0 Å². The molecule has 1 saturated carbocycles. The van der Waals surface area contributed by atoms with Gasteiger partial charge < -0.3 is 11.1 Å². The molecule has 3 N–H and O–H groups in total. The van der Waals surface area contributed by atoms with Crippen molar-refractivity contribution in [2.75, 3.05) is 6.54 Å². The Hall–Kier alpha value is -1.01. The van der Waals surface area contributed by atoms with Crippen molar-refractivity contribution in [3.05, 3.63) is 0 Å². The smallest absolute Gasteiger partial charge is 0.223 e. The molecule has 0 saturated heterocycles. The van der Waals surface area contributed by atoms with Crippen molar-refractivity contribution in [2.45, 2.75) is 32.2 Å². The molecule has 0 spiro atoms. The number of hydrogen-bond donors (Lipinski definition) is 2. The molecule has 2 atom stereocenters. The Morgan fingerprint density at radius 2 is 2.38 bits per heavy atom. The van der Waals surface area contributed by atoms with Gasteiger partial charge in [0.1, 0.15) is 0 Å². The lowest BCUT2D eigenvalue weighted by Gasteiger charge is -2.07. The summed E-state index contributed by atoms with van der Waals surface area (Å²) in [6, 6.07) is 0.216. The van der Waals surface area contributed by atoms with Crippen molar-refractivity contribution in [3.63, 3.8) is 0 Å². The molecular weight excluding hydrogens is 164 g/mol. The summed E-state index contributed by atoms with van der Waals surface area (Å²) in [5, 5.41) is 2.78. The molecule has 1 aliphatic rings. The van der Waals surface area contributed by atoms with E-state index in [9.17, 15) is 4.79 Å². The minimum absolute atomic E-state index is 0.107. The van der Waals surface area contributed by atoms with E-state index in [0.29, 0.717) is 6.54 Å². The van der Waals surface area contributed by atoms with Crippen LogP contribution in [0.4, 0.5) is 0 Å². The van der Waals surface area contributed by atoms with E-state index in [1.54, 1.807) is 6.92 Å². The first-order valence-electron chi connectivity index (χ1n) is 4.67. The minimum Gasteiger partial charge on any atom is -0.345 e. The number of rotatable bonds is 2. The second-order valence-corrected chi connectivity index (χ2v) is 3.41. The molecule has 1 rings (SSSR count). The number of carbonyl (C=O) groups is 1. The zero-order valence-electron chi connectivity index (χ0n) is 7.97. The van der Waals surface area contributed by atoms with Crippen LogP contribution in [-0.2, 0) is 4.79 Å². The second kappa shape index (κ2) is 4.88. The van der Waals surface area contributed by atoms with Gasteiger partial charge in [0.2, 0.25) is 5.91 Å². The fourth-order valence-electron chi connectivity index (χ4n) is 1.62. The summed E-state index contributed by atoms with van der Waals surface area (Å²) in [4.78, 5) is 11.4. The molecule has 0 aromatic carbocycles. The summed E-state index contributed by atoms with van der Waals surface area (Å²) in [6.07, 6.45) is 2.72. The molecule has 0 aromatic heterocycles. The van der Waals surface area contributed by atoms with Gasteiger partial charge >= 0.3 is 0 Å². The lowest BCUT2D eigenvalue weighted by Crippen LogP contribution is -2.30. The van der Waals surface area contributed by atoms with E-state index in [2.05, 4.69) is 17.2 Å².